The Balaban J connectivity index is 1.47. The molecule has 3 rings (SSSR count). The summed E-state index contributed by atoms with van der Waals surface area (Å²) in [6, 6.07) is 0.966. The molecule has 0 saturated carbocycles. The van der Waals surface area contributed by atoms with Gasteiger partial charge >= 0.3 is 0 Å². The maximum absolute atomic E-state index is 12.5. The molecule has 5 heteroatoms. The number of nitrogens with zero attached hydrogens (tertiary/aromatic N) is 1. The summed E-state index contributed by atoms with van der Waals surface area (Å²) in [5.41, 5.74) is 0. The number of rotatable bonds is 4. The van der Waals surface area contributed by atoms with E-state index in [0.717, 1.165) is 32.5 Å². The summed E-state index contributed by atoms with van der Waals surface area (Å²) >= 11 is 0. The largest absolute Gasteiger partial charge is 0.376 e. The maximum atomic E-state index is 12.5. The van der Waals surface area contributed by atoms with E-state index in [1.807, 2.05) is 11.8 Å². The Morgan fingerprint density at radius 2 is 2.05 bits per heavy atom. The number of hydrogen-bond donors (Lipinski definition) is 1. The minimum absolute atomic E-state index is 0.140. The van der Waals surface area contributed by atoms with Crippen LogP contribution in [0.25, 0.3) is 0 Å². The summed E-state index contributed by atoms with van der Waals surface area (Å²) in [4.78, 5) is 14.5. The number of carbonyl (C=O) groups is 1. The fourth-order valence-corrected chi connectivity index (χ4v) is 3.54. The summed E-state index contributed by atoms with van der Waals surface area (Å²) in [5.74, 6) is 0.140. The van der Waals surface area contributed by atoms with Gasteiger partial charge in [-0.1, -0.05) is 6.42 Å². The monoisotopic (exact) mass is 282 g/mol. The average Bonchev–Trinajstić information content (AvgIpc) is 2.96. The van der Waals surface area contributed by atoms with Gasteiger partial charge in [0.15, 0.2) is 0 Å². The normalized spacial score (nSPS) is 35.0. The Labute approximate surface area is 121 Å². The minimum Gasteiger partial charge on any atom is -0.376 e. The molecule has 20 heavy (non-hydrogen) atoms. The van der Waals surface area contributed by atoms with Gasteiger partial charge in [0.25, 0.3) is 5.91 Å². The van der Waals surface area contributed by atoms with Crippen LogP contribution in [-0.4, -0.2) is 61.4 Å². The molecule has 4 unspecified atom stereocenters. The number of amides is 1. The number of piperidine rings is 1. The van der Waals surface area contributed by atoms with Crippen molar-refractivity contribution in [3.8, 4) is 0 Å². The van der Waals surface area contributed by atoms with Gasteiger partial charge in [0.05, 0.1) is 12.7 Å². The molecular formula is C15H26N2O3. The van der Waals surface area contributed by atoms with Gasteiger partial charge in [-0.15, -0.1) is 0 Å². The third-order valence-corrected chi connectivity index (χ3v) is 4.67. The van der Waals surface area contributed by atoms with E-state index in [4.69, 9.17) is 9.47 Å². The van der Waals surface area contributed by atoms with Crippen molar-refractivity contribution in [1.82, 2.24) is 10.2 Å². The quantitative estimate of drug-likeness (QED) is 0.833. The molecule has 1 amide bonds. The van der Waals surface area contributed by atoms with Gasteiger partial charge in [-0.25, -0.2) is 0 Å². The van der Waals surface area contributed by atoms with E-state index in [9.17, 15) is 4.79 Å². The van der Waals surface area contributed by atoms with Gasteiger partial charge in [-0.2, -0.15) is 0 Å². The molecule has 3 heterocycles. The molecule has 0 aromatic heterocycles. The first-order valence-electron chi connectivity index (χ1n) is 8.00. The SMILES string of the molecule is CC(OCC1CCCO1)C(=O)N1CC2CCCC(C1)N2. The van der Waals surface area contributed by atoms with E-state index in [1.54, 1.807) is 0 Å². The molecule has 1 N–H and O–H groups in total. The van der Waals surface area contributed by atoms with Crippen molar-refractivity contribution in [3.63, 3.8) is 0 Å². The molecule has 2 bridgehead atoms. The van der Waals surface area contributed by atoms with E-state index in [1.165, 1.54) is 19.3 Å². The van der Waals surface area contributed by atoms with Crippen molar-refractivity contribution in [2.75, 3.05) is 26.3 Å². The van der Waals surface area contributed by atoms with Crippen LogP contribution in [0.5, 0.6) is 0 Å². The second-order valence-corrected chi connectivity index (χ2v) is 6.35. The zero-order chi connectivity index (χ0) is 13.9. The van der Waals surface area contributed by atoms with Crippen molar-refractivity contribution in [3.05, 3.63) is 0 Å². The first-order valence-corrected chi connectivity index (χ1v) is 8.00. The molecule has 0 aromatic carbocycles. The van der Waals surface area contributed by atoms with E-state index < -0.39 is 0 Å². The minimum atomic E-state index is -0.349. The number of likely N-dealkylation sites (tertiary alicyclic amines) is 1. The first kappa shape index (κ1) is 14.3. The summed E-state index contributed by atoms with van der Waals surface area (Å²) in [6.45, 7) is 4.92. The number of fused-ring (bicyclic) bond motifs is 2. The van der Waals surface area contributed by atoms with Crippen LogP contribution >= 0.6 is 0 Å². The summed E-state index contributed by atoms with van der Waals surface area (Å²) in [5, 5.41) is 3.60. The molecule has 0 aromatic rings. The summed E-state index contributed by atoms with van der Waals surface area (Å²) in [6.07, 6.45) is 5.66. The number of hydrogen-bond acceptors (Lipinski definition) is 4. The zero-order valence-electron chi connectivity index (χ0n) is 12.3. The lowest BCUT2D eigenvalue weighted by Gasteiger charge is -2.43. The second-order valence-electron chi connectivity index (χ2n) is 6.35. The molecule has 3 aliphatic rings. The lowest BCUT2D eigenvalue weighted by molar-refractivity contribution is -0.147. The van der Waals surface area contributed by atoms with E-state index >= 15 is 0 Å². The molecule has 114 valence electrons. The lowest BCUT2D eigenvalue weighted by atomic mass is 9.94. The number of carbonyl (C=O) groups excluding carboxylic acids is 1. The van der Waals surface area contributed by atoms with Gasteiger partial charge in [-0.3, -0.25) is 4.79 Å². The van der Waals surface area contributed by atoms with Crippen LogP contribution in [0.2, 0.25) is 0 Å². The summed E-state index contributed by atoms with van der Waals surface area (Å²) in [7, 11) is 0. The predicted molar refractivity (Wildman–Crippen MR) is 75.5 cm³/mol. The van der Waals surface area contributed by atoms with Gasteiger partial charge in [0.2, 0.25) is 0 Å². The Morgan fingerprint density at radius 1 is 1.30 bits per heavy atom. The van der Waals surface area contributed by atoms with Crippen molar-refractivity contribution < 1.29 is 14.3 Å². The molecule has 4 atom stereocenters. The Kier molecular flexibility index (Phi) is 4.58. The number of nitrogens with one attached hydrogen (secondary N) is 1. The summed E-state index contributed by atoms with van der Waals surface area (Å²) < 4.78 is 11.3. The van der Waals surface area contributed by atoms with Crippen molar-refractivity contribution in [1.29, 1.82) is 0 Å². The van der Waals surface area contributed by atoms with Crippen LogP contribution in [0, 0.1) is 0 Å². The second kappa shape index (κ2) is 6.41. The van der Waals surface area contributed by atoms with Crippen molar-refractivity contribution in [2.24, 2.45) is 0 Å². The number of ether oxygens (including phenoxy) is 2. The highest BCUT2D eigenvalue weighted by molar-refractivity contribution is 5.80. The van der Waals surface area contributed by atoms with E-state index in [2.05, 4.69) is 5.32 Å². The van der Waals surface area contributed by atoms with Crippen LogP contribution in [0.4, 0.5) is 0 Å². The van der Waals surface area contributed by atoms with Crippen molar-refractivity contribution >= 4 is 5.91 Å². The van der Waals surface area contributed by atoms with Crippen molar-refractivity contribution in [2.45, 2.75) is 63.3 Å². The highest BCUT2D eigenvalue weighted by atomic mass is 16.5. The lowest BCUT2D eigenvalue weighted by Crippen LogP contribution is -2.61. The third kappa shape index (κ3) is 3.32. The van der Waals surface area contributed by atoms with Crippen LogP contribution < -0.4 is 5.32 Å². The highest BCUT2D eigenvalue weighted by Crippen LogP contribution is 2.20. The molecule has 3 saturated heterocycles. The Hall–Kier alpha value is -0.650. The Bertz CT molecular complexity index is 332. The third-order valence-electron chi connectivity index (χ3n) is 4.67. The fourth-order valence-electron chi connectivity index (χ4n) is 3.54. The van der Waals surface area contributed by atoms with Gasteiger partial charge in [0.1, 0.15) is 6.10 Å². The molecule has 0 radical (unpaired) electrons. The molecular weight excluding hydrogens is 256 g/mol. The van der Waals surface area contributed by atoms with Crippen LogP contribution in [0.15, 0.2) is 0 Å². The first-order chi connectivity index (χ1) is 9.72. The van der Waals surface area contributed by atoms with E-state index in [-0.39, 0.29) is 18.1 Å². The molecule has 3 aliphatic heterocycles. The Morgan fingerprint density at radius 3 is 2.70 bits per heavy atom. The topological polar surface area (TPSA) is 50.8 Å². The molecule has 0 aliphatic carbocycles. The highest BCUT2D eigenvalue weighted by Gasteiger charge is 2.34. The van der Waals surface area contributed by atoms with E-state index in [0.29, 0.717) is 18.7 Å². The van der Waals surface area contributed by atoms with Gasteiger partial charge < -0.3 is 19.7 Å². The van der Waals surface area contributed by atoms with Crippen LogP contribution in [0.3, 0.4) is 0 Å². The smallest absolute Gasteiger partial charge is 0.251 e. The van der Waals surface area contributed by atoms with Gasteiger partial charge in [-0.05, 0) is 32.6 Å². The average molecular weight is 282 g/mol. The predicted octanol–water partition coefficient (Wildman–Crippen LogP) is 0.923. The number of piperazine rings is 1. The standard InChI is InChI=1S/C15H26N2O3/c1-11(20-10-14-6-3-7-19-14)15(18)17-8-12-4-2-5-13(9-17)16-12/h11-14,16H,2-10H2,1H3. The van der Waals surface area contributed by atoms with Gasteiger partial charge in [0, 0.05) is 31.8 Å². The molecule has 0 spiro atoms. The maximum Gasteiger partial charge on any atom is 0.251 e. The van der Waals surface area contributed by atoms with Crippen LogP contribution in [0.1, 0.15) is 39.0 Å². The fraction of sp³-hybridized carbons (Fsp3) is 0.933. The van der Waals surface area contributed by atoms with Crippen LogP contribution in [-0.2, 0) is 14.3 Å². The molecule has 5 nitrogen and oxygen atoms in total. The molecule has 3 fully saturated rings. The zero-order valence-corrected chi connectivity index (χ0v) is 12.3.